The van der Waals surface area contributed by atoms with E-state index in [9.17, 15) is 0 Å². The number of nitrogens with one attached hydrogen (secondary N) is 1. The minimum Gasteiger partial charge on any atom is -0.372 e. The van der Waals surface area contributed by atoms with Crippen LogP contribution in [0.3, 0.4) is 0 Å². The highest BCUT2D eigenvalue weighted by molar-refractivity contribution is 5.49. The number of ether oxygens (including phenoxy) is 1. The Morgan fingerprint density at radius 3 is 1.42 bits per heavy atom. The summed E-state index contributed by atoms with van der Waals surface area (Å²) < 4.78 is 5.45. The van der Waals surface area contributed by atoms with Gasteiger partial charge >= 0.3 is 0 Å². The molecule has 3 aromatic rings. The van der Waals surface area contributed by atoms with Crippen LogP contribution in [0, 0.1) is 0 Å². The minimum absolute atomic E-state index is 0.320. The van der Waals surface area contributed by atoms with E-state index >= 15 is 0 Å². The molecule has 0 radical (unpaired) electrons. The highest BCUT2D eigenvalue weighted by Gasteiger charge is 2.37. The lowest BCUT2D eigenvalue weighted by Crippen LogP contribution is -2.46. The monoisotopic (exact) mass is 315 g/mol. The Bertz CT molecular complexity index is 670. The third-order valence-corrected chi connectivity index (χ3v) is 4.62. The van der Waals surface area contributed by atoms with Crippen LogP contribution in [0.15, 0.2) is 91.0 Å². The first kappa shape index (κ1) is 15.1. The fraction of sp³-hybridized carbons (Fsp3) is 0.182. The van der Waals surface area contributed by atoms with Crippen LogP contribution in [0.2, 0.25) is 0 Å². The summed E-state index contributed by atoms with van der Waals surface area (Å²) in [5.41, 5.74) is 3.34. The van der Waals surface area contributed by atoms with Gasteiger partial charge in [-0.2, -0.15) is 0 Å². The van der Waals surface area contributed by atoms with Crippen LogP contribution in [0.25, 0.3) is 0 Å². The Labute approximate surface area is 143 Å². The second kappa shape index (κ2) is 6.60. The number of benzene rings is 3. The van der Waals surface area contributed by atoms with Gasteiger partial charge in [-0.25, -0.2) is 0 Å². The van der Waals surface area contributed by atoms with Gasteiger partial charge in [0.2, 0.25) is 0 Å². The van der Waals surface area contributed by atoms with Crippen molar-refractivity contribution in [1.82, 2.24) is 5.32 Å². The lowest BCUT2D eigenvalue weighted by Gasteiger charge is -2.37. The molecule has 3 aromatic carbocycles. The molecule has 0 saturated carbocycles. The number of epoxide rings is 1. The van der Waals surface area contributed by atoms with E-state index in [1.54, 1.807) is 0 Å². The molecule has 1 atom stereocenters. The van der Waals surface area contributed by atoms with Gasteiger partial charge in [-0.15, -0.1) is 0 Å². The van der Waals surface area contributed by atoms with Gasteiger partial charge in [0.1, 0.15) is 0 Å². The van der Waals surface area contributed by atoms with Crippen molar-refractivity contribution < 1.29 is 4.74 Å². The SMILES string of the molecule is c1ccc(C(NC[C@H]2CO2)(c2ccccc2)c2ccccc2)cc1. The van der Waals surface area contributed by atoms with Gasteiger partial charge in [-0.05, 0) is 16.7 Å². The molecule has 1 fully saturated rings. The van der Waals surface area contributed by atoms with E-state index in [-0.39, 0.29) is 5.54 Å². The van der Waals surface area contributed by atoms with E-state index < -0.39 is 0 Å². The van der Waals surface area contributed by atoms with Crippen molar-refractivity contribution in [2.75, 3.05) is 13.2 Å². The highest BCUT2D eigenvalue weighted by atomic mass is 16.6. The summed E-state index contributed by atoms with van der Waals surface area (Å²) in [6.45, 7) is 1.68. The fourth-order valence-electron chi connectivity index (χ4n) is 3.32. The highest BCUT2D eigenvalue weighted by Crippen LogP contribution is 2.36. The molecule has 0 spiro atoms. The predicted octanol–water partition coefficient (Wildman–Crippen LogP) is 3.97. The third kappa shape index (κ3) is 2.86. The molecule has 2 heteroatoms. The summed E-state index contributed by atoms with van der Waals surface area (Å²) >= 11 is 0. The van der Waals surface area contributed by atoms with E-state index in [4.69, 9.17) is 4.74 Å². The summed E-state index contributed by atoms with van der Waals surface area (Å²) in [6, 6.07) is 32.0. The van der Waals surface area contributed by atoms with Crippen LogP contribution in [0.1, 0.15) is 16.7 Å². The lowest BCUT2D eigenvalue weighted by molar-refractivity contribution is 0.369. The molecule has 0 unspecified atom stereocenters. The third-order valence-electron chi connectivity index (χ3n) is 4.62. The average Bonchev–Trinajstić information content (AvgIpc) is 3.50. The van der Waals surface area contributed by atoms with E-state index in [2.05, 4.69) is 96.3 Å². The molecular formula is C22H21NO. The van der Waals surface area contributed by atoms with Crippen LogP contribution in [-0.4, -0.2) is 19.3 Å². The van der Waals surface area contributed by atoms with Crippen molar-refractivity contribution >= 4 is 0 Å². The second-order valence-corrected chi connectivity index (χ2v) is 6.18. The van der Waals surface area contributed by atoms with Crippen LogP contribution in [0.5, 0.6) is 0 Å². The quantitative estimate of drug-likeness (QED) is 0.550. The maximum Gasteiger partial charge on any atom is 0.0948 e. The molecule has 24 heavy (non-hydrogen) atoms. The van der Waals surface area contributed by atoms with Crippen LogP contribution in [0.4, 0.5) is 0 Å². The molecule has 0 bridgehead atoms. The van der Waals surface area contributed by atoms with Gasteiger partial charge in [0.15, 0.2) is 0 Å². The van der Waals surface area contributed by atoms with E-state index in [1.807, 2.05) is 0 Å². The average molecular weight is 315 g/mol. The largest absolute Gasteiger partial charge is 0.372 e. The normalized spacial score (nSPS) is 16.8. The summed E-state index contributed by atoms with van der Waals surface area (Å²) in [5.74, 6) is 0. The van der Waals surface area contributed by atoms with Crippen LogP contribution < -0.4 is 5.32 Å². The lowest BCUT2D eigenvalue weighted by atomic mass is 9.77. The van der Waals surface area contributed by atoms with Crippen molar-refractivity contribution in [3.63, 3.8) is 0 Å². The standard InChI is InChI=1S/C22H21NO/c1-4-10-18(11-5-1)22(23-16-21-17-24-21,19-12-6-2-7-13-19)20-14-8-3-9-15-20/h1-15,21,23H,16-17H2/t21-/m0/s1. The van der Waals surface area contributed by atoms with Crippen molar-refractivity contribution in [2.45, 2.75) is 11.6 Å². The van der Waals surface area contributed by atoms with E-state index in [0.29, 0.717) is 6.10 Å². The number of hydrogen-bond acceptors (Lipinski definition) is 2. The molecule has 4 rings (SSSR count). The Balaban J connectivity index is 1.91. The zero-order chi connectivity index (χ0) is 16.2. The summed E-state index contributed by atoms with van der Waals surface area (Å²) in [6.07, 6.45) is 0.320. The summed E-state index contributed by atoms with van der Waals surface area (Å²) in [5, 5.41) is 3.82. The Morgan fingerprint density at radius 1 is 0.708 bits per heavy atom. The maximum absolute atomic E-state index is 5.45. The second-order valence-electron chi connectivity index (χ2n) is 6.18. The zero-order valence-corrected chi connectivity index (χ0v) is 13.6. The predicted molar refractivity (Wildman–Crippen MR) is 97.0 cm³/mol. The Morgan fingerprint density at radius 2 is 1.08 bits per heavy atom. The molecule has 0 aliphatic carbocycles. The topological polar surface area (TPSA) is 24.6 Å². The van der Waals surface area contributed by atoms with Crippen molar-refractivity contribution in [2.24, 2.45) is 0 Å². The summed E-state index contributed by atoms with van der Waals surface area (Å²) in [4.78, 5) is 0. The maximum atomic E-state index is 5.45. The van der Waals surface area contributed by atoms with Gasteiger partial charge in [0.25, 0.3) is 0 Å². The first-order chi connectivity index (χ1) is 11.9. The molecule has 0 aromatic heterocycles. The number of rotatable bonds is 6. The van der Waals surface area contributed by atoms with Crippen molar-refractivity contribution in [1.29, 1.82) is 0 Å². The Kier molecular flexibility index (Phi) is 4.16. The van der Waals surface area contributed by atoms with Crippen molar-refractivity contribution in [3.8, 4) is 0 Å². The molecule has 1 N–H and O–H groups in total. The van der Waals surface area contributed by atoms with E-state index in [1.165, 1.54) is 16.7 Å². The van der Waals surface area contributed by atoms with Crippen LogP contribution in [-0.2, 0) is 10.3 Å². The Hall–Kier alpha value is -2.42. The zero-order valence-electron chi connectivity index (χ0n) is 13.6. The summed E-state index contributed by atoms with van der Waals surface area (Å²) in [7, 11) is 0. The van der Waals surface area contributed by atoms with E-state index in [0.717, 1.165) is 13.2 Å². The molecule has 2 nitrogen and oxygen atoms in total. The van der Waals surface area contributed by atoms with Gasteiger partial charge in [0, 0.05) is 6.54 Å². The molecule has 0 amide bonds. The fourth-order valence-corrected chi connectivity index (χ4v) is 3.32. The van der Waals surface area contributed by atoms with Gasteiger partial charge in [-0.3, -0.25) is 5.32 Å². The smallest absolute Gasteiger partial charge is 0.0948 e. The molecule has 1 heterocycles. The molecule has 120 valence electrons. The van der Waals surface area contributed by atoms with Gasteiger partial charge in [-0.1, -0.05) is 91.0 Å². The minimum atomic E-state index is -0.379. The first-order valence-corrected chi connectivity index (χ1v) is 8.43. The molecule has 1 saturated heterocycles. The molecule has 1 aliphatic heterocycles. The van der Waals surface area contributed by atoms with Crippen molar-refractivity contribution in [3.05, 3.63) is 108 Å². The van der Waals surface area contributed by atoms with Gasteiger partial charge in [0.05, 0.1) is 18.2 Å². The molecule has 1 aliphatic rings. The van der Waals surface area contributed by atoms with Crippen LogP contribution >= 0.6 is 0 Å². The number of hydrogen-bond donors (Lipinski definition) is 1. The van der Waals surface area contributed by atoms with Gasteiger partial charge < -0.3 is 4.74 Å². The molecular weight excluding hydrogens is 294 g/mol. The first-order valence-electron chi connectivity index (χ1n) is 8.43.